The number of nitrogens with zero attached hydrogens (tertiary/aromatic N) is 2. The third-order valence-electron chi connectivity index (χ3n) is 3.78. The summed E-state index contributed by atoms with van der Waals surface area (Å²) in [4.78, 5) is 16.4. The van der Waals surface area contributed by atoms with Crippen molar-refractivity contribution in [3.05, 3.63) is 36.2 Å². The molecule has 2 aromatic rings. The molecule has 0 unspecified atom stereocenters. The van der Waals surface area contributed by atoms with Gasteiger partial charge in [0.25, 0.3) is 0 Å². The van der Waals surface area contributed by atoms with Gasteiger partial charge in [-0.05, 0) is 37.1 Å². The normalized spacial score (nSPS) is 13.8. The third kappa shape index (κ3) is 2.97. The van der Waals surface area contributed by atoms with E-state index in [-0.39, 0.29) is 5.91 Å². The van der Waals surface area contributed by atoms with Crippen molar-refractivity contribution in [3.63, 3.8) is 0 Å². The number of carbonyl (C=O) groups excluding carboxylic acids is 1. The molecule has 1 amide bonds. The summed E-state index contributed by atoms with van der Waals surface area (Å²) in [5.41, 5.74) is 3.09. The number of anilines is 1. The Morgan fingerprint density at radius 1 is 1.33 bits per heavy atom. The number of aromatic nitrogens is 2. The van der Waals surface area contributed by atoms with Gasteiger partial charge in [0.2, 0.25) is 5.91 Å². The smallest absolute Gasteiger partial charge is 0.225 e. The van der Waals surface area contributed by atoms with Crippen molar-refractivity contribution in [2.75, 3.05) is 11.1 Å². The fourth-order valence-corrected chi connectivity index (χ4v) is 2.96. The van der Waals surface area contributed by atoms with Gasteiger partial charge in [0.1, 0.15) is 5.82 Å². The molecule has 2 heterocycles. The molecule has 1 aliphatic rings. The molecule has 0 bridgehead atoms. The SMILES string of the molecule is O=C(CCS)Nc1ccccc1-c1ncc2n1CCCC2. The van der Waals surface area contributed by atoms with Gasteiger partial charge in [0, 0.05) is 30.4 Å². The summed E-state index contributed by atoms with van der Waals surface area (Å²) in [5.74, 6) is 1.49. The molecule has 1 aromatic carbocycles. The number of rotatable bonds is 4. The predicted molar refractivity (Wildman–Crippen MR) is 87.7 cm³/mol. The molecular formula is C16H19N3OS. The van der Waals surface area contributed by atoms with E-state index in [0.29, 0.717) is 12.2 Å². The van der Waals surface area contributed by atoms with E-state index in [1.165, 1.54) is 18.5 Å². The number of benzene rings is 1. The number of thiol groups is 1. The lowest BCUT2D eigenvalue weighted by atomic mass is 10.1. The Balaban J connectivity index is 1.95. The molecule has 3 rings (SSSR count). The Bertz CT molecular complexity index is 651. The average Bonchev–Trinajstić information content (AvgIpc) is 2.92. The lowest BCUT2D eigenvalue weighted by Gasteiger charge is -2.18. The molecule has 0 radical (unpaired) electrons. The Morgan fingerprint density at radius 2 is 2.19 bits per heavy atom. The van der Waals surface area contributed by atoms with Crippen molar-refractivity contribution >= 4 is 24.2 Å². The van der Waals surface area contributed by atoms with Crippen LogP contribution >= 0.6 is 12.6 Å². The van der Waals surface area contributed by atoms with Crippen LogP contribution in [0.5, 0.6) is 0 Å². The van der Waals surface area contributed by atoms with Gasteiger partial charge in [0.15, 0.2) is 0 Å². The lowest BCUT2D eigenvalue weighted by molar-refractivity contribution is -0.115. The fraction of sp³-hybridized carbons (Fsp3) is 0.375. The molecule has 0 spiro atoms. The van der Waals surface area contributed by atoms with Crippen LogP contribution in [0.15, 0.2) is 30.5 Å². The third-order valence-corrected chi connectivity index (χ3v) is 4.01. The number of carbonyl (C=O) groups is 1. The van der Waals surface area contributed by atoms with E-state index >= 15 is 0 Å². The molecule has 4 nitrogen and oxygen atoms in total. The molecule has 1 N–H and O–H groups in total. The van der Waals surface area contributed by atoms with E-state index in [0.717, 1.165) is 30.0 Å². The van der Waals surface area contributed by atoms with Gasteiger partial charge in [-0.2, -0.15) is 12.6 Å². The Labute approximate surface area is 130 Å². The van der Waals surface area contributed by atoms with Crippen LogP contribution in [-0.4, -0.2) is 21.2 Å². The number of hydrogen-bond acceptors (Lipinski definition) is 3. The predicted octanol–water partition coefficient (Wildman–Crippen LogP) is 3.14. The summed E-state index contributed by atoms with van der Waals surface area (Å²) < 4.78 is 2.27. The minimum absolute atomic E-state index is 0.0112. The van der Waals surface area contributed by atoms with Gasteiger partial charge < -0.3 is 9.88 Å². The first-order valence-electron chi connectivity index (χ1n) is 7.34. The van der Waals surface area contributed by atoms with Gasteiger partial charge >= 0.3 is 0 Å². The van der Waals surface area contributed by atoms with E-state index < -0.39 is 0 Å². The van der Waals surface area contributed by atoms with E-state index in [2.05, 4.69) is 27.5 Å². The van der Waals surface area contributed by atoms with Crippen molar-refractivity contribution in [1.29, 1.82) is 0 Å². The first-order chi connectivity index (χ1) is 10.3. The zero-order valence-electron chi connectivity index (χ0n) is 11.9. The summed E-state index contributed by atoms with van der Waals surface area (Å²) in [5, 5.41) is 2.97. The van der Waals surface area contributed by atoms with Crippen LogP contribution in [0.4, 0.5) is 5.69 Å². The molecule has 0 saturated carbocycles. The van der Waals surface area contributed by atoms with Crippen LogP contribution < -0.4 is 5.32 Å². The molecule has 0 fully saturated rings. The number of hydrogen-bond donors (Lipinski definition) is 2. The van der Waals surface area contributed by atoms with Crippen molar-refractivity contribution < 1.29 is 4.79 Å². The molecule has 110 valence electrons. The first kappa shape index (κ1) is 14.2. The Kier molecular flexibility index (Phi) is 4.29. The van der Waals surface area contributed by atoms with Gasteiger partial charge in [0.05, 0.1) is 5.69 Å². The molecule has 5 heteroatoms. The van der Waals surface area contributed by atoms with Crippen molar-refractivity contribution in [1.82, 2.24) is 9.55 Å². The standard InChI is InChI=1S/C16H19N3OS/c20-15(8-10-21)18-14-7-2-1-6-13(14)16-17-11-12-5-3-4-9-19(12)16/h1-2,6-7,11,21H,3-5,8-10H2,(H,18,20). The van der Waals surface area contributed by atoms with Crippen LogP contribution in [0.1, 0.15) is 25.0 Å². The highest BCUT2D eigenvalue weighted by atomic mass is 32.1. The van der Waals surface area contributed by atoms with Gasteiger partial charge in [-0.25, -0.2) is 4.98 Å². The highest BCUT2D eigenvalue weighted by Gasteiger charge is 2.17. The Hall–Kier alpha value is -1.75. The van der Waals surface area contributed by atoms with E-state index in [1.807, 2.05) is 30.5 Å². The van der Waals surface area contributed by atoms with Crippen LogP contribution in [0.2, 0.25) is 0 Å². The maximum atomic E-state index is 11.8. The minimum Gasteiger partial charge on any atom is -0.328 e. The van der Waals surface area contributed by atoms with Crippen LogP contribution in [0.25, 0.3) is 11.4 Å². The largest absolute Gasteiger partial charge is 0.328 e. The van der Waals surface area contributed by atoms with E-state index in [1.54, 1.807) is 0 Å². The zero-order valence-corrected chi connectivity index (χ0v) is 12.8. The second-order valence-corrected chi connectivity index (χ2v) is 5.70. The van der Waals surface area contributed by atoms with Crippen LogP contribution in [0, 0.1) is 0 Å². The minimum atomic E-state index is -0.0112. The molecule has 1 aromatic heterocycles. The Morgan fingerprint density at radius 3 is 3.05 bits per heavy atom. The number of fused-ring (bicyclic) bond motifs is 1. The summed E-state index contributed by atoms with van der Waals surface area (Å²) in [7, 11) is 0. The summed E-state index contributed by atoms with van der Waals surface area (Å²) in [6.45, 7) is 1.00. The topological polar surface area (TPSA) is 46.9 Å². The summed E-state index contributed by atoms with van der Waals surface area (Å²) >= 11 is 4.10. The van der Waals surface area contributed by atoms with Crippen molar-refractivity contribution in [3.8, 4) is 11.4 Å². The molecule has 0 atom stereocenters. The zero-order chi connectivity index (χ0) is 14.7. The quantitative estimate of drug-likeness (QED) is 0.852. The molecule has 0 saturated heterocycles. The average molecular weight is 301 g/mol. The number of imidazole rings is 1. The summed E-state index contributed by atoms with van der Waals surface area (Å²) in [6, 6.07) is 7.85. The molecular weight excluding hydrogens is 282 g/mol. The lowest BCUT2D eigenvalue weighted by Crippen LogP contribution is -2.14. The molecule has 21 heavy (non-hydrogen) atoms. The van der Waals surface area contributed by atoms with Gasteiger partial charge in [-0.15, -0.1) is 0 Å². The van der Waals surface area contributed by atoms with Crippen molar-refractivity contribution in [2.24, 2.45) is 0 Å². The molecule has 0 aliphatic carbocycles. The van der Waals surface area contributed by atoms with E-state index in [4.69, 9.17) is 0 Å². The monoisotopic (exact) mass is 301 g/mol. The highest BCUT2D eigenvalue weighted by Crippen LogP contribution is 2.30. The number of para-hydroxylation sites is 1. The number of aryl methyl sites for hydroxylation is 1. The van der Waals surface area contributed by atoms with E-state index in [9.17, 15) is 4.79 Å². The number of amides is 1. The second-order valence-electron chi connectivity index (χ2n) is 5.25. The second kappa shape index (κ2) is 6.35. The summed E-state index contributed by atoms with van der Waals surface area (Å²) in [6.07, 6.45) is 5.87. The maximum Gasteiger partial charge on any atom is 0.225 e. The van der Waals surface area contributed by atoms with Gasteiger partial charge in [-0.3, -0.25) is 4.79 Å². The van der Waals surface area contributed by atoms with Gasteiger partial charge in [-0.1, -0.05) is 12.1 Å². The first-order valence-corrected chi connectivity index (χ1v) is 7.97. The number of nitrogens with one attached hydrogen (secondary N) is 1. The van der Waals surface area contributed by atoms with Crippen molar-refractivity contribution in [2.45, 2.75) is 32.2 Å². The van der Waals surface area contributed by atoms with Crippen LogP contribution in [0.3, 0.4) is 0 Å². The molecule has 1 aliphatic heterocycles. The van der Waals surface area contributed by atoms with Crippen LogP contribution in [-0.2, 0) is 17.8 Å². The maximum absolute atomic E-state index is 11.8. The fourth-order valence-electron chi connectivity index (χ4n) is 2.75. The highest BCUT2D eigenvalue weighted by molar-refractivity contribution is 7.80.